The largest absolute Gasteiger partial charge is 0.481 e. The van der Waals surface area contributed by atoms with Gasteiger partial charge in [-0.15, -0.1) is 0 Å². The maximum Gasteiger partial charge on any atom is 0.305 e. The summed E-state index contributed by atoms with van der Waals surface area (Å²) in [6.45, 7) is 3.81. The highest BCUT2D eigenvalue weighted by molar-refractivity contribution is 5.68. The lowest BCUT2D eigenvalue weighted by atomic mass is 10.0. The number of aromatic amines is 1. The molecule has 4 N–H and O–H groups in total. The molecule has 0 aromatic carbocycles. The molecule has 1 heterocycles. The van der Waals surface area contributed by atoms with E-state index in [1.54, 1.807) is 0 Å². The summed E-state index contributed by atoms with van der Waals surface area (Å²) in [6, 6.07) is -0.413. The van der Waals surface area contributed by atoms with Gasteiger partial charge < -0.3 is 15.8 Å². The van der Waals surface area contributed by atoms with Crippen LogP contribution < -0.4 is 5.73 Å². The van der Waals surface area contributed by atoms with Crippen molar-refractivity contribution >= 4 is 5.97 Å². The highest BCUT2D eigenvalue weighted by Crippen LogP contribution is 2.21. The van der Waals surface area contributed by atoms with Crippen LogP contribution in [0.15, 0.2) is 6.20 Å². The van der Waals surface area contributed by atoms with Crippen LogP contribution in [0, 0.1) is 13.8 Å². The van der Waals surface area contributed by atoms with Gasteiger partial charge in [0.15, 0.2) is 0 Å². The van der Waals surface area contributed by atoms with E-state index in [2.05, 4.69) is 4.98 Å². The van der Waals surface area contributed by atoms with Crippen LogP contribution in [0.4, 0.5) is 0 Å². The number of carboxylic acids is 1. The predicted octanol–water partition coefficient (Wildman–Crippen LogP) is 1.11. The van der Waals surface area contributed by atoms with E-state index in [0.29, 0.717) is 0 Å². The SMILES string of the molecule is Cc1c[nH]c(C)c1C(N)CC(=O)O. The van der Waals surface area contributed by atoms with Crippen LogP contribution in [-0.4, -0.2) is 16.1 Å². The van der Waals surface area contributed by atoms with E-state index in [9.17, 15) is 4.79 Å². The average Bonchev–Trinajstić information content (AvgIpc) is 2.29. The average molecular weight is 182 g/mol. The van der Waals surface area contributed by atoms with Gasteiger partial charge in [-0.2, -0.15) is 0 Å². The lowest BCUT2D eigenvalue weighted by Crippen LogP contribution is -2.16. The van der Waals surface area contributed by atoms with Crippen LogP contribution in [-0.2, 0) is 4.79 Å². The van der Waals surface area contributed by atoms with Gasteiger partial charge in [0.05, 0.1) is 6.42 Å². The fourth-order valence-electron chi connectivity index (χ4n) is 1.53. The summed E-state index contributed by atoms with van der Waals surface area (Å²) in [5, 5.41) is 8.57. The van der Waals surface area contributed by atoms with E-state index >= 15 is 0 Å². The monoisotopic (exact) mass is 182 g/mol. The van der Waals surface area contributed by atoms with Gasteiger partial charge in [-0.1, -0.05) is 0 Å². The molecule has 0 radical (unpaired) electrons. The molecule has 4 nitrogen and oxygen atoms in total. The first-order valence-corrected chi connectivity index (χ1v) is 4.14. The minimum absolute atomic E-state index is 0.0282. The van der Waals surface area contributed by atoms with Crippen LogP contribution in [0.1, 0.15) is 29.3 Å². The first kappa shape index (κ1) is 9.80. The number of rotatable bonds is 3. The molecule has 72 valence electrons. The summed E-state index contributed by atoms with van der Waals surface area (Å²) in [5.74, 6) is -0.868. The summed E-state index contributed by atoms with van der Waals surface area (Å²) in [6.07, 6.45) is 1.81. The third-order valence-electron chi connectivity index (χ3n) is 2.10. The van der Waals surface area contributed by atoms with Crippen molar-refractivity contribution in [3.05, 3.63) is 23.0 Å². The van der Waals surface area contributed by atoms with Crippen LogP contribution in [0.3, 0.4) is 0 Å². The Balaban J connectivity index is 2.87. The van der Waals surface area contributed by atoms with Crippen molar-refractivity contribution < 1.29 is 9.90 Å². The van der Waals surface area contributed by atoms with E-state index in [1.165, 1.54) is 0 Å². The molecule has 0 aliphatic rings. The Morgan fingerprint density at radius 3 is 2.69 bits per heavy atom. The molecule has 0 bridgehead atoms. The van der Waals surface area contributed by atoms with E-state index < -0.39 is 12.0 Å². The summed E-state index contributed by atoms with van der Waals surface area (Å²) < 4.78 is 0. The molecule has 1 aromatic rings. The first-order valence-electron chi connectivity index (χ1n) is 4.14. The number of aromatic nitrogens is 1. The van der Waals surface area contributed by atoms with Gasteiger partial charge in [0.1, 0.15) is 0 Å². The third-order valence-corrected chi connectivity index (χ3v) is 2.10. The Kier molecular flexibility index (Phi) is 2.72. The van der Waals surface area contributed by atoms with E-state index in [4.69, 9.17) is 10.8 Å². The second kappa shape index (κ2) is 3.62. The zero-order chi connectivity index (χ0) is 10.0. The lowest BCUT2D eigenvalue weighted by molar-refractivity contribution is -0.137. The second-order valence-corrected chi connectivity index (χ2v) is 3.21. The molecule has 1 unspecified atom stereocenters. The number of aryl methyl sites for hydroxylation is 2. The fourth-order valence-corrected chi connectivity index (χ4v) is 1.53. The third kappa shape index (κ3) is 2.09. The van der Waals surface area contributed by atoms with Crippen molar-refractivity contribution in [3.63, 3.8) is 0 Å². The van der Waals surface area contributed by atoms with Crippen molar-refractivity contribution in [1.29, 1.82) is 0 Å². The number of nitrogens with two attached hydrogens (primary N) is 1. The highest BCUT2D eigenvalue weighted by atomic mass is 16.4. The van der Waals surface area contributed by atoms with E-state index in [-0.39, 0.29) is 6.42 Å². The van der Waals surface area contributed by atoms with E-state index in [0.717, 1.165) is 16.8 Å². The molecular formula is C9H14N2O2. The number of carboxylic acid groups (broad SMARTS) is 1. The maximum atomic E-state index is 10.4. The Bertz CT molecular complexity index is 298. The van der Waals surface area contributed by atoms with Gasteiger partial charge in [0, 0.05) is 17.9 Å². The molecule has 0 spiro atoms. The molecule has 0 fully saturated rings. The first-order chi connectivity index (χ1) is 6.02. The molecule has 13 heavy (non-hydrogen) atoms. The smallest absolute Gasteiger partial charge is 0.305 e. The van der Waals surface area contributed by atoms with Gasteiger partial charge in [0.25, 0.3) is 0 Å². The predicted molar refractivity (Wildman–Crippen MR) is 49.4 cm³/mol. The molecule has 4 heteroatoms. The summed E-state index contributed by atoms with van der Waals surface area (Å²) in [4.78, 5) is 13.5. The Morgan fingerprint density at radius 1 is 1.69 bits per heavy atom. The van der Waals surface area contributed by atoms with Gasteiger partial charge in [-0.05, 0) is 25.0 Å². The summed E-state index contributed by atoms with van der Waals surface area (Å²) in [5.41, 5.74) is 8.63. The maximum absolute atomic E-state index is 10.4. The number of aliphatic carboxylic acids is 1. The van der Waals surface area contributed by atoms with Crippen LogP contribution in [0.2, 0.25) is 0 Å². The molecule has 0 aliphatic heterocycles. The summed E-state index contributed by atoms with van der Waals surface area (Å²) in [7, 11) is 0. The molecule has 1 atom stereocenters. The van der Waals surface area contributed by atoms with Crippen molar-refractivity contribution in [1.82, 2.24) is 4.98 Å². The zero-order valence-electron chi connectivity index (χ0n) is 7.79. The lowest BCUT2D eigenvalue weighted by Gasteiger charge is -2.09. The number of nitrogens with one attached hydrogen (secondary N) is 1. The van der Waals surface area contributed by atoms with Gasteiger partial charge in [-0.3, -0.25) is 4.79 Å². The highest BCUT2D eigenvalue weighted by Gasteiger charge is 2.15. The normalized spacial score (nSPS) is 12.8. The molecule has 0 saturated heterocycles. The quantitative estimate of drug-likeness (QED) is 0.655. The standard InChI is InChI=1S/C9H14N2O2/c1-5-4-11-6(2)9(5)7(10)3-8(12)13/h4,7,11H,3,10H2,1-2H3,(H,12,13). The Labute approximate surface area is 76.8 Å². The van der Waals surface area contributed by atoms with Crippen LogP contribution >= 0.6 is 0 Å². The zero-order valence-corrected chi connectivity index (χ0v) is 7.79. The molecule has 0 aliphatic carbocycles. The topological polar surface area (TPSA) is 79.1 Å². The summed E-state index contributed by atoms with van der Waals surface area (Å²) >= 11 is 0. The minimum atomic E-state index is -0.868. The molecule has 0 amide bonds. The number of H-pyrrole nitrogens is 1. The number of hydrogen-bond donors (Lipinski definition) is 3. The Hall–Kier alpha value is -1.29. The molecule has 1 aromatic heterocycles. The number of carbonyl (C=O) groups is 1. The minimum Gasteiger partial charge on any atom is -0.481 e. The fraction of sp³-hybridized carbons (Fsp3) is 0.444. The van der Waals surface area contributed by atoms with Crippen molar-refractivity contribution in [3.8, 4) is 0 Å². The van der Waals surface area contributed by atoms with Crippen molar-refractivity contribution in [2.45, 2.75) is 26.3 Å². The van der Waals surface area contributed by atoms with Gasteiger partial charge in [0.2, 0.25) is 0 Å². The van der Waals surface area contributed by atoms with Crippen molar-refractivity contribution in [2.24, 2.45) is 5.73 Å². The van der Waals surface area contributed by atoms with Crippen molar-refractivity contribution in [2.75, 3.05) is 0 Å². The van der Waals surface area contributed by atoms with E-state index in [1.807, 2.05) is 20.0 Å². The van der Waals surface area contributed by atoms with Gasteiger partial charge >= 0.3 is 5.97 Å². The molecular weight excluding hydrogens is 168 g/mol. The molecule has 0 saturated carbocycles. The second-order valence-electron chi connectivity index (χ2n) is 3.21. The number of hydrogen-bond acceptors (Lipinski definition) is 2. The molecule has 1 rings (SSSR count). The van der Waals surface area contributed by atoms with Gasteiger partial charge in [-0.25, -0.2) is 0 Å². The van der Waals surface area contributed by atoms with Crippen LogP contribution in [0.5, 0.6) is 0 Å². The Morgan fingerprint density at radius 2 is 2.31 bits per heavy atom. The van der Waals surface area contributed by atoms with Crippen LogP contribution in [0.25, 0.3) is 0 Å².